The van der Waals surface area contributed by atoms with Crippen molar-refractivity contribution < 1.29 is 23.9 Å². The third-order valence-corrected chi connectivity index (χ3v) is 3.10. The van der Waals surface area contributed by atoms with Crippen molar-refractivity contribution >= 4 is 23.5 Å². The maximum absolute atomic E-state index is 12.1. The van der Waals surface area contributed by atoms with Gasteiger partial charge in [-0.2, -0.15) is 4.79 Å². The normalized spacial score (nSPS) is 21.6. The van der Waals surface area contributed by atoms with Gasteiger partial charge in [0.15, 0.2) is 5.92 Å². The average molecular weight is 289 g/mol. The first-order chi connectivity index (χ1) is 9.67. The predicted molar refractivity (Wildman–Crippen MR) is 72.0 cm³/mol. The summed E-state index contributed by atoms with van der Waals surface area (Å²) in [5.41, 5.74) is 9.02. The number of nitrogens with zero attached hydrogens (tertiary/aromatic N) is 3. The molecular formula is C14H15N3O4. The summed E-state index contributed by atoms with van der Waals surface area (Å²) in [6, 6.07) is 0. The second-order valence-corrected chi connectivity index (χ2v) is 5.84. The Kier molecular flexibility index (Phi) is 3.39. The molecule has 1 fully saturated rings. The van der Waals surface area contributed by atoms with Gasteiger partial charge in [0.25, 0.3) is 0 Å². The van der Waals surface area contributed by atoms with E-state index in [1.165, 1.54) is 6.08 Å². The standard InChI is InChI=1S/C14H15N3O4/c1-7-5-6-8-9(10(7)16-15)11(18)12(19)17(8)13(20)21-14(2,3)4/h5-6,9H,1-4H3. The lowest BCUT2D eigenvalue weighted by molar-refractivity contribution is -0.140. The lowest BCUT2D eigenvalue weighted by atomic mass is 9.89. The smallest absolute Gasteiger partial charge is 0.421 e. The molecule has 0 saturated carbocycles. The van der Waals surface area contributed by atoms with E-state index in [0.717, 1.165) is 0 Å². The van der Waals surface area contributed by atoms with Crippen molar-refractivity contribution in [1.82, 2.24) is 4.90 Å². The molecule has 1 atom stereocenters. The lowest BCUT2D eigenvalue weighted by Crippen LogP contribution is -2.38. The highest BCUT2D eigenvalue weighted by molar-refractivity contribution is 6.47. The Bertz CT molecular complexity index is 660. The molecule has 0 aromatic rings. The molecule has 0 aromatic heterocycles. The minimum Gasteiger partial charge on any atom is -0.443 e. The highest BCUT2D eigenvalue weighted by Crippen LogP contribution is 2.33. The number of hydrogen-bond donors (Lipinski definition) is 0. The quantitative estimate of drug-likeness (QED) is 0.383. The SMILES string of the molecule is CC1=CC=C2C(C(=O)C(=O)N2C(=O)OC(C)(C)C)C1=[N+]=[N-]. The number of Topliss-reactive ketones (excluding diaryl/α,β-unsaturated/α-hetero) is 1. The summed E-state index contributed by atoms with van der Waals surface area (Å²) >= 11 is 0. The zero-order valence-corrected chi connectivity index (χ0v) is 12.2. The van der Waals surface area contributed by atoms with Gasteiger partial charge in [0, 0.05) is 5.57 Å². The maximum atomic E-state index is 12.1. The van der Waals surface area contributed by atoms with E-state index >= 15 is 0 Å². The van der Waals surface area contributed by atoms with Crippen LogP contribution in [-0.2, 0) is 14.3 Å². The number of allylic oxidation sites excluding steroid dienone is 4. The number of fused-ring (bicyclic) bond motifs is 1. The van der Waals surface area contributed by atoms with Crippen LogP contribution in [0.2, 0.25) is 0 Å². The zero-order valence-electron chi connectivity index (χ0n) is 12.2. The lowest BCUT2D eigenvalue weighted by Gasteiger charge is -2.24. The Labute approximate surface area is 121 Å². The van der Waals surface area contributed by atoms with Gasteiger partial charge in [-0.3, -0.25) is 9.59 Å². The van der Waals surface area contributed by atoms with Crippen molar-refractivity contribution in [2.24, 2.45) is 5.92 Å². The van der Waals surface area contributed by atoms with Gasteiger partial charge in [-0.05, 0) is 33.8 Å². The molecule has 110 valence electrons. The molecule has 7 nitrogen and oxygen atoms in total. The molecule has 2 amide bonds. The summed E-state index contributed by atoms with van der Waals surface area (Å²) in [5, 5.41) is 0. The first-order valence-corrected chi connectivity index (χ1v) is 6.39. The van der Waals surface area contributed by atoms with Gasteiger partial charge in [0.05, 0.1) is 5.70 Å². The molecule has 2 rings (SSSR count). The van der Waals surface area contributed by atoms with Crippen molar-refractivity contribution in [2.45, 2.75) is 33.3 Å². The second-order valence-electron chi connectivity index (χ2n) is 5.84. The molecule has 1 unspecified atom stereocenters. The first kappa shape index (κ1) is 14.9. The van der Waals surface area contributed by atoms with Crippen molar-refractivity contribution in [3.05, 3.63) is 29.0 Å². The van der Waals surface area contributed by atoms with Crippen LogP contribution in [-0.4, -0.2) is 38.8 Å². The third kappa shape index (κ3) is 2.43. The summed E-state index contributed by atoms with van der Waals surface area (Å²) in [6.07, 6.45) is 2.14. The number of imide groups is 1. The van der Waals surface area contributed by atoms with E-state index < -0.39 is 29.3 Å². The van der Waals surface area contributed by atoms with Gasteiger partial charge < -0.3 is 10.3 Å². The van der Waals surface area contributed by atoms with Crippen molar-refractivity contribution in [2.75, 3.05) is 0 Å². The zero-order chi connectivity index (χ0) is 15.9. The molecule has 21 heavy (non-hydrogen) atoms. The van der Waals surface area contributed by atoms with Crippen LogP contribution in [0.4, 0.5) is 4.79 Å². The van der Waals surface area contributed by atoms with Crippen LogP contribution >= 0.6 is 0 Å². The molecule has 0 spiro atoms. The monoisotopic (exact) mass is 289 g/mol. The summed E-state index contributed by atoms with van der Waals surface area (Å²) in [7, 11) is 0. The number of carbonyl (C=O) groups is 3. The van der Waals surface area contributed by atoms with E-state index in [-0.39, 0.29) is 11.4 Å². The number of ketones is 1. The Hall–Kier alpha value is -2.53. The summed E-state index contributed by atoms with van der Waals surface area (Å²) in [5.74, 6) is -2.85. The molecule has 0 bridgehead atoms. The number of hydrogen-bond acceptors (Lipinski definition) is 4. The number of likely N-dealkylation sites (tertiary alicyclic amines) is 1. The van der Waals surface area contributed by atoms with Crippen molar-refractivity contribution in [3.63, 3.8) is 0 Å². The minimum atomic E-state index is -1.06. The molecule has 1 saturated heterocycles. The number of amides is 2. The van der Waals surface area contributed by atoms with Crippen LogP contribution in [0.1, 0.15) is 27.7 Å². The number of rotatable bonds is 0. The Morgan fingerprint density at radius 2 is 1.95 bits per heavy atom. The van der Waals surface area contributed by atoms with Crippen LogP contribution in [0, 0.1) is 5.92 Å². The van der Waals surface area contributed by atoms with Crippen molar-refractivity contribution in [3.8, 4) is 0 Å². The van der Waals surface area contributed by atoms with Crippen molar-refractivity contribution in [1.29, 1.82) is 0 Å². The van der Waals surface area contributed by atoms with Gasteiger partial charge in [-0.1, -0.05) is 6.08 Å². The van der Waals surface area contributed by atoms with Crippen LogP contribution in [0.25, 0.3) is 5.53 Å². The van der Waals surface area contributed by atoms with E-state index in [2.05, 4.69) is 4.79 Å². The third-order valence-electron chi connectivity index (χ3n) is 3.10. The van der Waals surface area contributed by atoms with Crippen LogP contribution < -0.4 is 0 Å². The van der Waals surface area contributed by atoms with E-state index in [4.69, 9.17) is 10.3 Å². The van der Waals surface area contributed by atoms with E-state index in [0.29, 0.717) is 10.5 Å². The Morgan fingerprint density at radius 3 is 2.48 bits per heavy atom. The highest BCUT2D eigenvalue weighted by atomic mass is 16.6. The fraction of sp³-hybridized carbons (Fsp3) is 0.429. The van der Waals surface area contributed by atoms with E-state index in [1.807, 2.05) is 0 Å². The van der Waals surface area contributed by atoms with Crippen LogP contribution in [0.3, 0.4) is 0 Å². The molecular weight excluding hydrogens is 274 g/mol. The minimum absolute atomic E-state index is 0.0666. The predicted octanol–water partition coefficient (Wildman–Crippen LogP) is 1.46. The summed E-state index contributed by atoms with van der Waals surface area (Å²) in [6.45, 7) is 6.62. The summed E-state index contributed by atoms with van der Waals surface area (Å²) < 4.78 is 5.14. The molecule has 1 aliphatic carbocycles. The second kappa shape index (κ2) is 4.79. The van der Waals surface area contributed by atoms with E-state index in [9.17, 15) is 14.4 Å². The molecule has 1 heterocycles. The van der Waals surface area contributed by atoms with Gasteiger partial charge in [-0.25, -0.2) is 9.69 Å². The molecule has 0 radical (unpaired) electrons. The fourth-order valence-electron chi connectivity index (χ4n) is 2.21. The first-order valence-electron chi connectivity index (χ1n) is 6.39. The molecule has 2 aliphatic rings. The maximum Gasteiger partial charge on any atom is 0.421 e. The van der Waals surface area contributed by atoms with E-state index in [1.54, 1.807) is 33.8 Å². The number of carbonyl (C=O) groups excluding carboxylic acids is 3. The highest BCUT2D eigenvalue weighted by Gasteiger charge is 2.54. The van der Waals surface area contributed by atoms with Crippen LogP contribution in [0.5, 0.6) is 0 Å². The van der Waals surface area contributed by atoms with Gasteiger partial charge in [-0.15, -0.1) is 0 Å². The summed E-state index contributed by atoms with van der Waals surface area (Å²) in [4.78, 5) is 40.0. The molecule has 0 aromatic carbocycles. The van der Waals surface area contributed by atoms with Gasteiger partial charge in [0.1, 0.15) is 5.60 Å². The molecule has 1 aliphatic heterocycles. The molecule has 7 heteroatoms. The average Bonchev–Trinajstić information content (AvgIpc) is 2.61. The topological polar surface area (TPSA) is 100 Å². The van der Waals surface area contributed by atoms with Crippen LogP contribution in [0.15, 0.2) is 23.4 Å². The Morgan fingerprint density at radius 1 is 1.33 bits per heavy atom. The van der Waals surface area contributed by atoms with Gasteiger partial charge >= 0.3 is 17.7 Å². The van der Waals surface area contributed by atoms with Gasteiger partial charge in [0.2, 0.25) is 5.78 Å². The largest absolute Gasteiger partial charge is 0.443 e. The molecule has 0 N–H and O–H groups in total. The Balaban J connectivity index is 2.46. The fourth-order valence-corrected chi connectivity index (χ4v) is 2.21. The number of ether oxygens (including phenoxy) is 1.